The molecule has 6 nitrogen and oxygen atoms in total. The smallest absolute Gasteiger partial charge is 0.255 e. The number of halogens is 2. The molecule has 24 heavy (non-hydrogen) atoms. The van der Waals surface area contributed by atoms with Crippen molar-refractivity contribution in [1.29, 1.82) is 0 Å². The van der Waals surface area contributed by atoms with Crippen molar-refractivity contribution in [1.82, 2.24) is 24.0 Å². The Morgan fingerprint density at radius 3 is 2.79 bits per heavy atom. The van der Waals surface area contributed by atoms with Crippen molar-refractivity contribution in [2.24, 2.45) is 0 Å². The molecule has 0 bridgehead atoms. The van der Waals surface area contributed by atoms with Crippen LogP contribution >= 0.6 is 34.7 Å². The zero-order valence-electron chi connectivity index (χ0n) is 12.3. The fourth-order valence-corrected chi connectivity index (χ4v) is 3.76. The molecule has 0 spiro atoms. The molecule has 122 valence electrons. The normalized spacial score (nSPS) is 13.8. The van der Waals surface area contributed by atoms with Crippen molar-refractivity contribution >= 4 is 40.6 Å². The SMILES string of the molecule is O=C(c1ccc(Cl)cc1Cl)N1CCn2c(nnc2-c2ccns2)C1. The number of benzene rings is 1. The first-order valence-electron chi connectivity index (χ1n) is 7.21. The Kier molecular flexibility index (Phi) is 3.99. The molecule has 0 fully saturated rings. The van der Waals surface area contributed by atoms with Crippen molar-refractivity contribution in [3.8, 4) is 10.7 Å². The maximum atomic E-state index is 12.7. The zero-order chi connectivity index (χ0) is 16.7. The van der Waals surface area contributed by atoms with Gasteiger partial charge in [-0.05, 0) is 35.8 Å². The summed E-state index contributed by atoms with van der Waals surface area (Å²) in [6, 6.07) is 6.79. The fourth-order valence-electron chi connectivity index (χ4n) is 2.68. The quantitative estimate of drug-likeness (QED) is 0.684. The van der Waals surface area contributed by atoms with E-state index in [-0.39, 0.29) is 5.91 Å². The molecule has 4 rings (SSSR count). The summed E-state index contributed by atoms with van der Waals surface area (Å²) in [6.45, 7) is 1.59. The Bertz CT molecular complexity index is 909. The third kappa shape index (κ3) is 2.68. The highest BCUT2D eigenvalue weighted by Crippen LogP contribution is 2.26. The molecule has 0 saturated heterocycles. The minimum atomic E-state index is -0.134. The summed E-state index contributed by atoms with van der Waals surface area (Å²) in [7, 11) is 0. The van der Waals surface area contributed by atoms with Gasteiger partial charge >= 0.3 is 0 Å². The van der Waals surface area contributed by atoms with Gasteiger partial charge in [-0.2, -0.15) is 0 Å². The number of rotatable bonds is 2. The summed E-state index contributed by atoms with van der Waals surface area (Å²) in [5.74, 6) is 1.41. The van der Waals surface area contributed by atoms with Crippen molar-refractivity contribution in [2.75, 3.05) is 6.54 Å². The molecule has 1 aliphatic rings. The third-order valence-corrected chi connectivity index (χ3v) is 5.15. The van der Waals surface area contributed by atoms with Crippen LogP contribution in [0.25, 0.3) is 10.7 Å². The van der Waals surface area contributed by atoms with E-state index in [0.717, 1.165) is 16.5 Å². The van der Waals surface area contributed by atoms with Crippen molar-refractivity contribution in [3.05, 3.63) is 51.9 Å². The lowest BCUT2D eigenvalue weighted by molar-refractivity contribution is 0.0708. The summed E-state index contributed by atoms with van der Waals surface area (Å²) in [4.78, 5) is 15.4. The second kappa shape index (κ2) is 6.16. The van der Waals surface area contributed by atoms with Gasteiger partial charge in [-0.3, -0.25) is 4.79 Å². The van der Waals surface area contributed by atoms with Gasteiger partial charge in [0.1, 0.15) is 0 Å². The summed E-state index contributed by atoms with van der Waals surface area (Å²) in [5, 5.41) is 9.31. The minimum absolute atomic E-state index is 0.134. The molecule has 1 aromatic carbocycles. The molecular formula is C15H11Cl2N5OS. The highest BCUT2D eigenvalue weighted by molar-refractivity contribution is 7.09. The highest BCUT2D eigenvalue weighted by Gasteiger charge is 2.27. The molecular weight excluding hydrogens is 369 g/mol. The van der Waals surface area contributed by atoms with Gasteiger partial charge in [0.15, 0.2) is 11.6 Å². The predicted octanol–water partition coefficient (Wildman–Crippen LogP) is 3.36. The molecule has 0 N–H and O–H groups in total. The van der Waals surface area contributed by atoms with E-state index in [1.807, 2.05) is 10.6 Å². The Morgan fingerprint density at radius 2 is 2.04 bits per heavy atom. The van der Waals surface area contributed by atoms with E-state index in [1.54, 1.807) is 29.3 Å². The van der Waals surface area contributed by atoms with Crippen LogP contribution in [-0.4, -0.2) is 36.5 Å². The van der Waals surface area contributed by atoms with Crippen molar-refractivity contribution in [2.45, 2.75) is 13.1 Å². The molecule has 0 atom stereocenters. The van der Waals surface area contributed by atoms with Gasteiger partial charge in [-0.1, -0.05) is 23.2 Å². The van der Waals surface area contributed by atoms with Crippen LogP contribution in [0.4, 0.5) is 0 Å². The van der Waals surface area contributed by atoms with Gasteiger partial charge < -0.3 is 9.47 Å². The van der Waals surface area contributed by atoms with Crippen LogP contribution < -0.4 is 0 Å². The number of nitrogens with zero attached hydrogens (tertiary/aromatic N) is 5. The first-order chi connectivity index (χ1) is 11.6. The maximum absolute atomic E-state index is 12.7. The lowest BCUT2D eigenvalue weighted by atomic mass is 10.2. The van der Waals surface area contributed by atoms with E-state index in [1.165, 1.54) is 11.5 Å². The van der Waals surface area contributed by atoms with E-state index in [4.69, 9.17) is 23.2 Å². The van der Waals surface area contributed by atoms with E-state index < -0.39 is 0 Å². The van der Waals surface area contributed by atoms with E-state index in [0.29, 0.717) is 35.2 Å². The standard InChI is InChI=1S/C15H11Cl2N5OS/c16-9-1-2-10(11(17)7-9)15(23)21-5-6-22-13(8-21)19-20-14(22)12-3-4-18-24-12/h1-4,7H,5-6,8H2. The second-order valence-corrected chi connectivity index (χ2v) is 7.00. The first-order valence-corrected chi connectivity index (χ1v) is 8.74. The van der Waals surface area contributed by atoms with Crippen LogP contribution in [0.2, 0.25) is 10.0 Å². The van der Waals surface area contributed by atoms with Gasteiger partial charge in [-0.15, -0.1) is 10.2 Å². The molecule has 0 unspecified atom stereocenters. The molecule has 1 aliphatic heterocycles. The van der Waals surface area contributed by atoms with Crippen LogP contribution in [0, 0.1) is 0 Å². The lowest BCUT2D eigenvalue weighted by Crippen LogP contribution is -2.38. The molecule has 9 heteroatoms. The Labute approximate surface area is 151 Å². The highest BCUT2D eigenvalue weighted by atomic mass is 35.5. The summed E-state index contributed by atoms with van der Waals surface area (Å²) in [5.41, 5.74) is 0.441. The summed E-state index contributed by atoms with van der Waals surface area (Å²) in [6.07, 6.45) is 1.74. The number of hydrogen-bond donors (Lipinski definition) is 0. The van der Waals surface area contributed by atoms with Crippen LogP contribution in [0.15, 0.2) is 30.5 Å². The second-order valence-electron chi connectivity index (χ2n) is 5.32. The maximum Gasteiger partial charge on any atom is 0.255 e. The summed E-state index contributed by atoms with van der Waals surface area (Å²) < 4.78 is 6.13. The van der Waals surface area contributed by atoms with Gasteiger partial charge in [-0.25, -0.2) is 4.37 Å². The number of carbonyl (C=O) groups is 1. The average molecular weight is 380 g/mol. The molecule has 2 aromatic heterocycles. The molecule has 3 aromatic rings. The molecule has 0 radical (unpaired) electrons. The van der Waals surface area contributed by atoms with E-state index in [2.05, 4.69) is 14.6 Å². The third-order valence-electron chi connectivity index (χ3n) is 3.86. The number of fused-ring (bicyclic) bond motifs is 1. The number of aromatic nitrogens is 4. The van der Waals surface area contributed by atoms with Gasteiger partial charge in [0.05, 0.1) is 22.0 Å². The minimum Gasteiger partial charge on any atom is -0.329 e. The molecule has 3 heterocycles. The van der Waals surface area contributed by atoms with Crippen molar-refractivity contribution in [3.63, 3.8) is 0 Å². The van der Waals surface area contributed by atoms with Gasteiger partial charge in [0, 0.05) is 24.3 Å². The Morgan fingerprint density at radius 1 is 1.17 bits per heavy atom. The largest absolute Gasteiger partial charge is 0.329 e. The number of hydrogen-bond acceptors (Lipinski definition) is 5. The van der Waals surface area contributed by atoms with Crippen LogP contribution in [0.5, 0.6) is 0 Å². The molecule has 0 saturated carbocycles. The lowest BCUT2D eigenvalue weighted by Gasteiger charge is -2.28. The average Bonchev–Trinajstić information content (AvgIpc) is 3.22. The van der Waals surface area contributed by atoms with E-state index >= 15 is 0 Å². The summed E-state index contributed by atoms with van der Waals surface area (Å²) >= 11 is 13.4. The van der Waals surface area contributed by atoms with Crippen LogP contribution in [-0.2, 0) is 13.1 Å². The fraction of sp³-hybridized carbons (Fsp3) is 0.200. The molecule has 1 amide bonds. The predicted molar refractivity (Wildman–Crippen MR) is 92.3 cm³/mol. The number of carbonyl (C=O) groups excluding carboxylic acids is 1. The van der Waals surface area contributed by atoms with Crippen LogP contribution in [0.1, 0.15) is 16.2 Å². The number of amides is 1. The zero-order valence-corrected chi connectivity index (χ0v) is 14.6. The topological polar surface area (TPSA) is 63.9 Å². The van der Waals surface area contributed by atoms with Gasteiger partial charge in [0.2, 0.25) is 0 Å². The monoisotopic (exact) mass is 379 g/mol. The first kappa shape index (κ1) is 15.6. The Balaban J connectivity index is 1.60. The van der Waals surface area contributed by atoms with Gasteiger partial charge in [0.25, 0.3) is 5.91 Å². The van der Waals surface area contributed by atoms with Crippen LogP contribution in [0.3, 0.4) is 0 Å². The van der Waals surface area contributed by atoms with Crippen molar-refractivity contribution < 1.29 is 4.79 Å². The molecule has 0 aliphatic carbocycles. The van der Waals surface area contributed by atoms with E-state index in [9.17, 15) is 4.79 Å². The Hall–Kier alpha value is -1.96.